The second kappa shape index (κ2) is 8.02. The van der Waals surface area contributed by atoms with Gasteiger partial charge >= 0.3 is 0 Å². The van der Waals surface area contributed by atoms with Gasteiger partial charge in [0.2, 0.25) is 0 Å². The van der Waals surface area contributed by atoms with E-state index in [9.17, 15) is 9.18 Å². The maximum absolute atomic E-state index is 14.8. The maximum Gasteiger partial charge on any atom is 0.273 e. The van der Waals surface area contributed by atoms with Crippen LogP contribution in [0.5, 0.6) is 0 Å². The zero-order chi connectivity index (χ0) is 22.2. The number of rotatable bonds is 4. The Morgan fingerprint density at radius 1 is 1.16 bits per heavy atom. The van der Waals surface area contributed by atoms with Gasteiger partial charge in [-0.05, 0) is 68.1 Å². The number of anilines is 1. The third-order valence-electron chi connectivity index (χ3n) is 6.15. The number of para-hydroxylation sites is 1. The minimum absolute atomic E-state index is 0.0322. The van der Waals surface area contributed by atoms with Crippen LogP contribution in [0.25, 0.3) is 5.69 Å². The lowest BCUT2D eigenvalue weighted by molar-refractivity contribution is 0.0955. The molecule has 0 bridgehead atoms. The van der Waals surface area contributed by atoms with E-state index in [1.807, 2.05) is 54.3 Å². The Morgan fingerprint density at radius 2 is 1.87 bits per heavy atom. The van der Waals surface area contributed by atoms with E-state index < -0.39 is 0 Å². The van der Waals surface area contributed by atoms with Crippen molar-refractivity contribution in [1.29, 1.82) is 0 Å². The fourth-order valence-corrected chi connectivity index (χ4v) is 4.31. The molecule has 1 aliphatic rings. The Labute approximate surface area is 182 Å². The van der Waals surface area contributed by atoms with Gasteiger partial charge in [-0.1, -0.05) is 19.1 Å². The van der Waals surface area contributed by atoms with E-state index in [4.69, 9.17) is 0 Å². The smallest absolute Gasteiger partial charge is 0.273 e. The molecule has 0 spiro atoms. The molecule has 0 radical (unpaired) electrons. The minimum atomic E-state index is -0.360. The number of amides is 1. The van der Waals surface area contributed by atoms with Crippen LogP contribution in [0, 0.1) is 5.82 Å². The SMILES string of the molecule is CC1CC(C)(C)N(C)c2cc(F)c(/C=N\NC(=O)c3ccccc3-n3cccc3)cc21. The number of aromatic nitrogens is 1. The molecule has 2 aromatic carbocycles. The standard InChI is InChI=1S/C25H27FN4O/c1-17-15-25(2,3)29(4)23-14-21(26)18(13-20(17)23)16-27-28-24(31)19-9-5-6-10-22(19)30-11-7-8-12-30/h5-14,16-17H,15H2,1-4H3,(H,28,31)/b27-16-. The first-order valence-electron chi connectivity index (χ1n) is 10.4. The molecule has 160 valence electrons. The van der Waals surface area contributed by atoms with Gasteiger partial charge in [0.1, 0.15) is 5.82 Å². The van der Waals surface area contributed by atoms with E-state index in [1.54, 1.807) is 18.2 Å². The van der Waals surface area contributed by atoms with Gasteiger partial charge in [0.25, 0.3) is 5.91 Å². The van der Waals surface area contributed by atoms with E-state index in [1.165, 1.54) is 6.21 Å². The van der Waals surface area contributed by atoms with E-state index in [2.05, 4.69) is 36.2 Å². The first kappa shape index (κ1) is 20.8. The largest absolute Gasteiger partial charge is 0.369 e. The molecule has 5 nitrogen and oxygen atoms in total. The summed E-state index contributed by atoms with van der Waals surface area (Å²) >= 11 is 0. The van der Waals surface area contributed by atoms with Gasteiger partial charge in [-0.25, -0.2) is 9.82 Å². The van der Waals surface area contributed by atoms with E-state index >= 15 is 0 Å². The second-order valence-corrected chi connectivity index (χ2v) is 8.72. The first-order chi connectivity index (χ1) is 14.8. The summed E-state index contributed by atoms with van der Waals surface area (Å²) in [5.74, 6) is -0.410. The lowest BCUT2D eigenvalue weighted by Crippen LogP contribution is -2.45. The zero-order valence-corrected chi connectivity index (χ0v) is 18.3. The number of hydrazone groups is 1. The normalized spacial score (nSPS) is 17.6. The summed E-state index contributed by atoms with van der Waals surface area (Å²) < 4.78 is 16.7. The first-order valence-corrected chi connectivity index (χ1v) is 10.4. The van der Waals surface area contributed by atoms with Crippen LogP contribution in [0.2, 0.25) is 0 Å². The Kier molecular flexibility index (Phi) is 5.39. The van der Waals surface area contributed by atoms with Gasteiger partial charge in [0, 0.05) is 36.2 Å². The van der Waals surface area contributed by atoms with E-state index in [0.29, 0.717) is 17.0 Å². The molecule has 1 unspecified atom stereocenters. The summed E-state index contributed by atoms with van der Waals surface area (Å²) in [4.78, 5) is 14.8. The fourth-order valence-electron chi connectivity index (χ4n) is 4.31. The number of hydrogen-bond acceptors (Lipinski definition) is 3. The van der Waals surface area contributed by atoms with Gasteiger partial charge in [-0.2, -0.15) is 5.10 Å². The van der Waals surface area contributed by atoms with Crippen LogP contribution in [0.1, 0.15) is 54.6 Å². The highest BCUT2D eigenvalue weighted by Gasteiger charge is 2.34. The van der Waals surface area contributed by atoms with Crippen molar-refractivity contribution < 1.29 is 9.18 Å². The molecule has 6 heteroatoms. The van der Waals surface area contributed by atoms with Crippen molar-refractivity contribution in [2.24, 2.45) is 5.10 Å². The average Bonchev–Trinajstić information content (AvgIpc) is 3.27. The summed E-state index contributed by atoms with van der Waals surface area (Å²) in [5, 5.41) is 4.04. The third kappa shape index (κ3) is 3.98. The summed E-state index contributed by atoms with van der Waals surface area (Å²) in [5.41, 5.74) is 6.09. The summed E-state index contributed by atoms with van der Waals surface area (Å²) in [7, 11) is 2.00. The van der Waals surface area contributed by atoms with Crippen LogP contribution < -0.4 is 10.3 Å². The predicted molar refractivity (Wildman–Crippen MR) is 123 cm³/mol. The summed E-state index contributed by atoms with van der Waals surface area (Å²) in [6.45, 7) is 6.49. The van der Waals surface area contributed by atoms with Crippen molar-refractivity contribution in [3.05, 3.63) is 83.4 Å². The van der Waals surface area contributed by atoms with Crippen LogP contribution in [-0.2, 0) is 0 Å². The van der Waals surface area contributed by atoms with Crippen LogP contribution in [0.3, 0.4) is 0 Å². The van der Waals surface area contributed by atoms with Gasteiger partial charge in [-0.15, -0.1) is 0 Å². The van der Waals surface area contributed by atoms with Gasteiger partial charge in [-0.3, -0.25) is 4.79 Å². The van der Waals surface area contributed by atoms with E-state index in [-0.39, 0.29) is 17.3 Å². The molecule has 1 N–H and O–H groups in total. The van der Waals surface area contributed by atoms with Crippen molar-refractivity contribution in [2.45, 2.75) is 38.6 Å². The topological polar surface area (TPSA) is 49.6 Å². The zero-order valence-electron chi connectivity index (χ0n) is 18.3. The molecule has 1 amide bonds. The second-order valence-electron chi connectivity index (χ2n) is 8.72. The molecule has 0 saturated carbocycles. The monoisotopic (exact) mass is 418 g/mol. The Balaban J connectivity index is 1.56. The molecule has 0 saturated heterocycles. The maximum atomic E-state index is 14.8. The fraction of sp³-hybridized carbons (Fsp3) is 0.280. The lowest BCUT2D eigenvalue weighted by atomic mass is 9.80. The number of hydrogen-bond donors (Lipinski definition) is 1. The molecular formula is C25H27FN4O. The highest BCUT2D eigenvalue weighted by molar-refractivity contribution is 5.98. The number of halogens is 1. The molecule has 31 heavy (non-hydrogen) atoms. The van der Waals surface area contributed by atoms with Crippen molar-refractivity contribution in [3.63, 3.8) is 0 Å². The molecule has 1 atom stereocenters. The molecular weight excluding hydrogens is 391 g/mol. The minimum Gasteiger partial charge on any atom is -0.369 e. The van der Waals surface area contributed by atoms with Crippen LogP contribution in [0.15, 0.2) is 66.0 Å². The highest BCUT2D eigenvalue weighted by atomic mass is 19.1. The van der Waals surface area contributed by atoms with Crippen LogP contribution >= 0.6 is 0 Å². The number of carbonyl (C=O) groups excluding carboxylic acids is 1. The van der Waals surface area contributed by atoms with E-state index in [0.717, 1.165) is 23.4 Å². The lowest BCUT2D eigenvalue weighted by Gasteiger charge is -2.45. The van der Waals surface area contributed by atoms with Crippen LogP contribution in [-0.4, -0.2) is 29.3 Å². The number of carbonyl (C=O) groups is 1. The Bertz CT molecular complexity index is 1130. The van der Waals surface area contributed by atoms with Crippen LogP contribution in [0.4, 0.5) is 10.1 Å². The molecule has 2 heterocycles. The van der Waals surface area contributed by atoms with Crippen molar-refractivity contribution >= 4 is 17.8 Å². The number of nitrogens with zero attached hydrogens (tertiary/aromatic N) is 3. The van der Waals surface area contributed by atoms with Gasteiger partial charge in [0.15, 0.2) is 0 Å². The Hall–Kier alpha value is -3.41. The quantitative estimate of drug-likeness (QED) is 0.473. The molecule has 1 aliphatic heterocycles. The number of nitrogens with one attached hydrogen (secondary N) is 1. The van der Waals surface area contributed by atoms with Crippen molar-refractivity contribution in [1.82, 2.24) is 9.99 Å². The van der Waals surface area contributed by atoms with Crippen molar-refractivity contribution in [3.8, 4) is 5.69 Å². The highest BCUT2D eigenvalue weighted by Crippen LogP contribution is 2.43. The molecule has 0 fully saturated rings. The van der Waals surface area contributed by atoms with Crippen molar-refractivity contribution in [2.75, 3.05) is 11.9 Å². The summed E-state index contributed by atoms with van der Waals surface area (Å²) in [6, 6.07) is 14.5. The molecule has 3 aromatic rings. The molecule has 4 rings (SSSR count). The predicted octanol–water partition coefficient (Wildman–Crippen LogP) is 5.10. The average molecular weight is 419 g/mol. The van der Waals surface area contributed by atoms with Gasteiger partial charge in [0.05, 0.1) is 17.5 Å². The van der Waals surface area contributed by atoms with Gasteiger partial charge < -0.3 is 9.47 Å². The molecule has 1 aromatic heterocycles. The number of benzene rings is 2. The summed E-state index contributed by atoms with van der Waals surface area (Å²) in [6.07, 6.45) is 6.10. The Morgan fingerprint density at radius 3 is 2.61 bits per heavy atom. The third-order valence-corrected chi connectivity index (χ3v) is 6.15. The number of fused-ring (bicyclic) bond motifs is 1. The molecule has 0 aliphatic carbocycles.